The van der Waals surface area contributed by atoms with Crippen LogP contribution in [-0.4, -0.2) is 30.0 Å². The quantitative estimate of drug-likeness (QED) is 0.515. The maximum Gasteiger partial charge on any atom is 0.206 e. The molecular weight excluding hydrogens is 408 g/mol. The van der Waals surface area contributed by atoms with Crippen molar-refractivity contribution in [3.8, 4) is 0 Å². The number of allylic oxidation sites excluding steroid dienone is 1. The van der Waals surface area contributed by atoms with Gasteiger partial charge in [0.25, 0.3) is 0 Å². The summed E-state index contributed by atoms with van der Waals surface area (Å²) in [5.74, 6) is 0.927. The van der Waals surface area contributed by atoms with Crippen molar-refractivity contribution in [2.75, 3.05) is 11.9 Å². The van der Waals surface area contributed by atoms with Crippen molar-refractivity contribution in [1.82, 2.24) is 15.0 Å². The number of benzene rings is 2. The molecule has 29 heavy (non-hydrogen) atoms. The number of ether oxygens (including phenoxy) is 1. The Morgan fingerprint density at radius 3 is 2.79 bits per heavy atom. The van der Waals surface area contributed by atoms with Crippen LogP contribution in [0.25, 0.3) is 26.9 Å². The van der Waals surface area contributed by atoms with E-state index in [1.165, 1.54) is 6.33 Å². The van der Waals surface area contributed by atoms with Crippen LogP contribution in [0.3, 0.4) is 0 Å². The zero-order valence-electron chi connectivity index (χ0n) is 15.6. The molecule has 0 spiro atoms. The van der Waals surface area contributed by atoms with Crippen LogP contribution in [0, 0.1) is 0 Å². The van der Waals surface area contributed by atoms with Gasteiger partial charge in [0.05, 0.1) is 37.7 Å². The Labute approximate surface area is 171 Å². The summed E-state index contributed by atoms with van der Waals surface area (Å²) in [6.45, 7) is 3.78. The molecular formula is C20H16N4O3S2. The number of nitrogens with zero attached hydrogens (tertiary/aromatic N) is 3. The fourth-order valence-electron chi connectivity index (χ4n) is 3.46. The Hall–Kier alpha value is -3.04. The molecule has 3 heterocycles. The van der Waals surface area contributed by atoms with E-state index in [9.17, 15) is 8.42 Å². The molecule has 0 amide bonds. The maximum absolute atomic E-state index is 12.9. The predicted octanol–water partition coefficient (Wildman–Crippen LogP) is 4.50. The molecule has 0 unspecified atom stereocenters. The lowest BCUT2D eigenvalue weighted by Gasteiger charge is -2.11. The maximum atomic E-state index is 12.9. The predicted molar refractivity (Wildman–Crippen MR) is 114 cm³/mol. The minimum atomic E-state index is -3.60. The second-order valence-corrected chi connectivity index (χ2v) is 9.51. The van der Waals surface area contributed by atoms with E-state index >= 15 is 0 Å². The van der Waals surface area contributed by atoms with Gasteiger partial charge in [-0.15, -0.1) is 11.3 Å². The third-order valence-electron chi connectivity index (χ3n) is 4.88. The number of aromatic nitrogens is 3. The lowest BCUT2D eigenvalue weighted by molar-refractivity contribution is 0.297. The third kappa shape index (κ3) is 2.77. The van der Waals surface area contributed by atoms with Gasteiger partial charge >= 0.3 is 0 Å². The van der Waals surface area contributed by atoms with Crippen LogP contribution in [0.4, 0.5) is 11.5 Å². The molecule has 1 aliphatic rings. The average molecular weight is 425 g/mol. The third-order valence-corrected chi connectivity index (χ3v) is 7.59. The summed E-state index contributed by atoms with van der Waals surface area (Å²) in [4.78, 5) is 13.4. The van der Waals surface area contributed by atoms with Gasteiger partial charge in [0.2, 0.25) is 9.84 Å². The van der Waals surface area contributed by atoms with Crippen molar-refractivity contribution < 1.29 is 13.2 Å². The van der Waals surface area contributed by atoms with Crippen LogP contribution in [-0.2, 0) is 14.6 Å². The minimum absolute atomic E-state index is 0.221. The van der Waals surface area contributed by atoms with Crippen molar-refractivity contribution in [2.24, 2.45) is 0 Å². The number of rotatable bonds is 4. The van der Waals surface area contributed by atoms with Gasteiger partial charge in [-0.25, -0.2) is 23.4 Å². The molecule has 0 aliphatic carbocycles. The first-order valence-electron chi connectivity index (χ1n) is 8.97. The number of hydrogen-bond donors (Lipinski definition) is 1. The van der Waals surface area contributed by atoms with E-state index in [1.807, 2.05) is 25.1 Å². The number of fused-ring (bicyclic) bond motifs is 3. The van der Waals surface area contributed by atoms with Crippen molar-refractivity contribution >= 4 is 59.6 Å². The van der Waals surface area contributed by atoms with Crippen LogP contribution in [0.1, 0.15) is 19.4 Å². The molecule has 0 atom stereocenters. The number of nitrogens with one attached hydrogen (secondary N) is 1. The van der Waals surface area contributed by atoms with Gasteiger partial charge in [-0.05, 0) is 44.2 Å². The fraction of sp³-hybridized carbons (Fsp3) is 0.150. The van der Waals surface area contributed by atoms with E-state index in [0.29, 0.717) is 34.7 Å². The zero-order valence-corrected chi connectivity index (χ0v) is 17.3. The highest BCUT2D eigenvalue weighted by molar-refractivity contribution is 7.95. The molecule has 0 saturated heterocycles. The number of anilines is 2. The van der Waals surface area contributed by atoms with Gasteiger partial charge in [-0.2, -0.15) is 0 Å². The normalized spacial score (nSPS) is 15.1. The van der Waals surface area contributed by atoms with Crippen molar-refractivity contribution in [1.29, 1.82) is 0 Å². The van der Waals surface area contributed by atoms with Crippen LogP contribution in [0.15, 0.2) is 52.0 Å². The molecule has 4 aromatic rings. The highest BCUT2D eigenvalue weighted by Gasteiger charge is 2.35. The van der Waals surface area contributed by atoms with E-state index in [1.54, 1.807) is 35.9 Å². The summed E-state index contributed by atoms with van der Waals surface area (Å²) < 4.78 is 32.5. The van der Waals surface area contributed by atoms with Gasteiger partial charge in [-0.1, -0.05) is 0 Å². The number of hydrogen-bond acceptors (Lipinski definition) is 8. The second-order valence-electron chi connectivity index (χ2n) is 6.57. The SMILES string of the molecule is CCOC1=C(C)S(=O)(=O)c2cc3c(Nc4ccc5scnc5c4)ncnc3cc21. The van der Waals surface area contributed by atoms with E-state index in [0.717, 1.165) is 15.9 Å². The van der Waals surface area contributed by atoms with E-state index in [4.69, 9.17) is 4.74 Å². The van der Waals surface area contributed by atoms with Crippen molar-refractivity contribution in [2.45, 2.75) is 18.7 Å². The van der Waals surface area contributed by atoms with Gasteiger partial charge in [0, 0.05) is 16.6 Å². The molecule has 7 nitrogen and oxygen atoms in total. The molecule has 0 fully saturated rings. The van der Waals surface area contributed by atoms with Crippen LogP contribution >= 0.6 is 11.3 Å². The largest absolute Gasteiger partial charge is 0.492 e. The molecule has 5 rings (SSSR count). The Kier molecular flexibility index (Phi) is 4.04. The van der Waals surface area contributed by atoms with Crippen LogP contribution in [0.5, 0.6) is 0 Å². The van der Waals surface area contributed by atoms with Crippen molar-refractivity contribution in [3.05, 3.63) is 52.6 Å². The Morgan fingerprint density at radius 1 is 1.10 bits per heavy atom. The molecule has 2 aromatic carbocycles. The number of thiazole rings is 1. The molecule has 2 aromatic heterocycles. The van der Waals surface area contributed by atoms with Gasteiger partial charge in [-0.3, -0.25) is 0 Å². The molecule has 1 N–H and O–H groups in total. The summed E-state index contributed by atoms with van der Waals surface area (Å²) in [5, 5.41) is 3.89. The molecule has 9 heteroatoms. The number of sulfone groups is 1. The Bertz CT molecular complexity index is 1420. The van der Waals surface area contributed by atoms with Crippen LogP contribution in [0.2, 0.25) is 0 Å². The monoisotopic (exact) mass is 424 g/mol. The molecule has 1 aliphatic heterocycles. The lowest BCUT2D eigenvalue weighted by Crippen LogP contribution is -2.00. The van der Waals surface area contributed by atoms with E-state index < -0.39 is 9.84 Å². The average Bonchev–Trinajstić information content (AvgIpc) is 3.24. The summed E-state index contributed by atoms with van der Waals surface area (Å²) >= 11 is 1.57. The first kappa shape index (κ1) is 18.0. The second kappa shape index (κ2) is 6.50. The summed E-state index contributed by atoms with van der Waals surface area (Å²) in [6, 6.07) is 9.24. The van der Waals surface area contributed by atoms with Crippen LogP contribution < -0.4 is 5.32 Å². The summed E-state index contributed by atoms with van der Waals surface area (Å²) in [5.41, 5.74) is 4.69. The van der Waals surface area contributed by atoms with E-state index in [-0.39, 0.29) is 9.80 Å². The molecule has 0 saturated carbocycles. The standard InChI is InChI=1S/C20H16N4O3S2/c1-3-27-19-11(2)29(25,26)18-8-13-15(7-14(18)19)21-9-22-20(13)24-12-4-5-17-16(6-12)23-10-28-17/h4-10H,3H2,1-2H3,(H,21,22,24). The van der Waals surface area contributed by atoms with Gasteiger partial charge in [0.1, 0.15) is 17.9 Å². The smallest absolute Gasteiger partial charge is 0.206 e. The van der Waals surface area contributed by atoms with Crippen molar-refractivity contribution in [3.63, 3.8) is 0 Å². The highest BCUT2D eigenvalue weighted by Crippen LogP contribution is 2.42. The molecule has 0 bridgehead atoms. The first-order chi connectivity index (χ1) is 14.0. The van der Waals surface area contributed by atoms with Gasteiger partial charge in [0.15, 0.2) is 0 Å². The lowest BCUT2D eigenvalue weighted by atomic mass is 10.1. The summed E-state index contributed by atoms with van der Waals surface area (Å²) in [6.07, 6.45) is 1.46. The van der Waals surface area contributed by atoms with Gasteiger partial charge < -0.3 is 10.1 Å². The zero-order chi connectivity index (χ0) is 20.2. The molecule has 0 radical (unpaired) electrons. The summed E-state index contributed by atoms with van der Waals surface area (Å²) in [7, 11) is -3.60. The topological polar surface area (TPSA) is 94.1 Å². The highest BCUT2D eigenvalue weighted by atomic mass is 32.2. The fourth-order valence-corrected chi connectivity index (χ4v) is 5.57. The minimum Gasteiger partial charge on any atom is -0.492 e. The Balaban J connectivity index is 1.65. The first-order valence-corrected chi connectivity index (χ1v) is 11.3. The Morgan fingerprint density at radius 2 is 1.97 bits per heavy atom. The molecule has 146 valence electrons. The van der Waals surface area contributed by atoms with E-state index in [2.05, 4.69) is 20.3 Å².